The Morgan fingerprint density at radius 2 is 1.78 bits per heavy atom. The number of benzene rings is 2. The van der Waals surface area contributed by atoms with Crippen molar-refractivity contribution in [1.29, 1.82) is 0 Å². The maximum absolute atomic E-state index is 14.7. The largest absolute Gasteiger partial charge is 0.324 e. The zero-order valence-corrected chi connectivity index (χ0v) is 19.9. The van der Waals surface area contributed by atoms with Crippen LogP contribution in [0.25, 0.3) is 0 Å². The molecular weight excluding hydrogens is 472 g/mol. The van der Waals surface area contributed by atoms with Gasteiger partial charge in [0.15, 0.2) is 0 Å². The second kappa shape index (κ2) is 11.6. The van der Waals surface area contributed by atoms with Gasteiger partial charge in [-0.3, -0.25) is 9.78 Å². The Morgan fingerprint density at radius 1 is 1.06 bits per heavy atom. The average molecular weight is 501 g/mol. The summed E-state index contributed by atoms with van der Waals surface area (Å²) in [5, 5.41) is 6.06. The maximum atomic E-state index is 14.7. The molecule has 3 aromatic rings. The van der Waals surface area contributed by atoms with E-state index in [0.717, 1.165) is 44.0 Å². The van der Waals surface area contributed by atoms with Crippen LogP contribution in [0.15, 0.2) is 54.9 Å². The zero-order valence-electron chi connectivity index (χ0n) is 19.9. The summed E-state index contributed by atoms with van der Waals surface area (Å²) < 4.78 is 56.1. The molecule has 1 aromatic heterocycles. The summed E-state index contributed by atoms with van der Waals surface area (Å²) in [6.45, 7) is 2.61. The average Bonchev–Trinajstić information content (AvgIpc) is 2.83. The van der Waals surface area contributed by atoms with E-state index in [2.05, 4.69) is 20.5 Å². The van der Waals surface area contributed by atoms with Crippen molar-refractivity contribution in [3.05, 3.63) is 94.8 Å². The molecule has 1 amide bonds. The molecule has 1 aliphatic rings. The van der Waals surface area contributed by atoms with E-state index in [0.29, 0.717) is 24.0 Å². The molecule has 2 atom stereocenters. The van der Waals surface area contributed by atoms with Crippen molar-refractivity contribution in [2.45, 2.75) is 31.2 Å². The molecule has 1 aliphatic heterocycles. The molecule has 9 heteroatoms. The van der Waals surface area contributed by atoms with Crippen molar-refractivity contribution in [3.63, 3.8) is 0 Å². The van der Waals surface area contributed by atoms with Crippen LogP contribution in [0.1, 0.15) is 35.4 Å². The second-order valence-corrected chi connectivity index (χ2v) is 9.08. The first-order valence-electron chi connectivity index (χ1n) is 11.8. The molecule has 0 radical (unpaired) electrons. The minimum absolute atomic E-state index is 0.195. The normalized spacial score (nSPS) is 17.1. The number of amides is 1. The van der Waals surface area contributed by atoms with E-state index in [9.17, 15) is 22.4 Å². The lowest BCUT2D eigenvalue weighted by Gasteiger charge is -2.33. The van der Waals surface area contributed by atoms with Gasteiger partial charge in [0, 0.05) is 49.6 Å². The van der Waals surface area contributed by atoms with Gasteiger partial charge in [-0.25, -0.2) is 17.6 Å². The van der Waals surface area contributed by atoms with Crippen LogP contribution in [0.3, 0.4) is 0 Å². The fraction of sp³-hybridized carbons (Fsp3) is 0.333. The van der Waals surface area contributed by atoms with E-state index in [1.165, 1.54) is 30.5 Å². The Hall–Kier alpha value is -3.30. The van der Waals surface area contributed by atoms with Crippen molar-refractivity contribution < 1.29 is 22.4 Å². The van der Waals surface area contributed by atoms with Gasteiger partial charge in [-0.15, -0.1) is 0 Å². The van der Waals surface area contributed by atoms with Crippen molar-refractivity contribution in [1.82, 2.24) is 15.2 Å². The summed E-state index contributed by atoms with van der Waals surface area (Å²) in [5.74, 6) is -3.78. The van der Waals surface area contributed by atoms with Gasteiger partial charge in [0.25, 0.3) is 0 Å². The highest BCUT2D eigenvalue weighted by atomic mass is 19.1. The third-order valence-electron chi connectivity index (χ3n) is 6.60. The number of carbonyl (C=O) groups excluding carboxylic acids is 1. The maximum Gasteiger partial charge on any atom is 0.225 e. The van der Waals surface area contributed by atoms with Crippen LogP contribution < -0.4 is 10.6 Å². The summed E-state index contributed by atoms with van der Waals surface area (Å²) in [4.78, 5) is 19.2. The van der Waals surface area contributed by atoms with E-state index < -0.39 is 35.1 Å². The Kier molecular flexibility index (Phi) is 8.32. The van der Waals surface area contributed by atoms with Crippen molar-refractivity contribution in [3.8, 4) is 0 Å². The van der Waals surface area contributed by atoms with Crippen molar-refractivity contribution >= 4 is 11.6 Å². The quantitative estimate of drug-likeness (QED) is 0.443. The van der Waals surface area contributed by atoms with Crippen molar-refractivity contribution in [2.24, 2.45) is 0 Å². The molecule has 2 aromatic carbocycles. The number of likely N-dealkylation sites (N-methyl/N-ethyl adjacent to an activating group) is 1. The Balaban J connectivity index is 1.54. The molecule has 0 unspecified atom stereocenters. The summed E-state index contributed by atoms with van der Waals surface area (Å²) in [6.07, 6.45) is 3.41. The minimum atomic E-state index is -0.781. The monoisotopic (exact) mass is 500 g/mol. The number of carbonyl (C=O) groups is 1. The summed E-state index contributed by atoms with van der Waals surface area (Å²) in [6, 6.07) is 8.67. The number of hydrogen-bond acceptors (Lipinski definition) is 4. The molecule has 190 valence electrons. The van der Waals surface area contributed by atoms with Crippen LogP contribution in [0.5, 0.6) is 0 Å². The Labute approximate surface area is 207 Å². The molecule has 0 aliphatic carbocycles. The first kappa shape index (κ1) is 25.8. The van der Waals surface area contributed by atoms with Crippen LogP contribution in [-0.2, 0) is 11.2 Å². The highest BCUT2D eigenvalue weighted by molar-refractivity contribution is 5.92. The number of piperazine rings is 1. The first-order valence-corrected chi connectivity index (χ1v) is 11.8. The van der Waals surface area contributed by atoms with Crippen LogP contribution in [0.2, 0.25) is 0 Å². The number of halogens is 4. The fourth-order valence-corrected chi connectivity index (χ4v) is 4.61. The highest BCUT2D eigenvalue weighted by Crippen LogP contribution is 2.30. The van der Waals surface area contributed by atoms with Gasteiger partial charge in [0.1, 0.15) is 23.3 Å². The number of anilines is 1. The predicted octanol–water partition coefficient (Wildman–Crippen LogP) is 4.63. The third-order valence-corrected chi connectivity index (χ3v) is 6.60. The second-order valence-electron chi connectivity index (χ2n) is 9.08. The Bertz CT molecular complexity index is 1180. The van der Waals surface area contributed by atoms with Gasteiger partial charge in [-0.2, -0.15) is 0 Å². The molecule has 2 heterocycles. The third kappa shape index (κ3) is 6.47. The van der Waals surface area contributed by atoms with Gasteiger partial charge in [0.05, 0.1) is 18.1 Å². The predicted molar refractivity (Wildman–Crippen MR) is 130 cm³/mol. The number of pyridine rings is 1. The molecule has 4 rings (SSSR count). The lowest BCUT2D eigenvalue weighted by Crippen LogP contribution is -2.49. The number of nitrogens with one attached hydrogen (secondary N) is 2. The number of aromatic nitrogens is 1. The van der Waals surface area contributed by atoms with E-state index in [-0.39, 0.29) is 23.7 Å². The SMILES string of the molecule is CN1CCNC[C@@H]1CCc1c(F)cncc1NC(=O)C[C@@H](c1ccc(F)cc1)c1cc(F)cc(F)c1. The molecule has 0 saturated carbocycles. The minimum Gasteiger partial charge on any atom is -0.324 e. The van der Waals surface area contributed by atoms with E-state index in [1.54, 1.807) is 0 Å². The van der Waals surface area contributed by atoms with E-state index >= 15 is 0 Å². The standard InChI is InChI=1S/C27H28F4N4O/c1-35-9-8-32-14-22(35)6-7-23-25(31)15-33-16-26(23)34-27(36)13-24(17-2-4-19(28)5-3-17)18-10-20(29)12-21(30)11-18/h2-5,10-12,15-16,22,24,32H,6-9,13-14H2,1H3,(H,34,36)/t22-,24-/m0/s1. The lowest BCUT2D eigenvalue weighted by atomic mass is 9.88. The lowest BCUT2D eigenvalue weighted by molar-refractivity contribution is -0.116. The summed E-state index contributed by atoms with van der Waals surface area (Å²) >= 11 is 0. The number of hydrogen-bond donors (Lipinski definition) is 2. The zero-order chi connectivity index (χ0) is 25.7. The van der Waals surface area contributed by atoms with Crippen molar-refractivity contribution in [2.75, 3.05) is 32.0 Å². The Morgan fingerprint density at radius 3 is 2.47 bits per heavy atom. The van der Waals surface area contributed by atoms with E-state index in [4.69, 9.17) is 0 Å². The summed E-state index contributed by atoms with van der Waals surface area (Å²) in [5.41, 5.74) is 1.36. The molecule has 0 spiro atoms. The van der Waals surface area contributed by atoms with Gasteiger partial charge in [-0.05, 0) is 55.3 Å². The van der Waals surface area contributed by atoms with Crippen LogP contribution in [-0.4, -0.2) is 48.5 Å². The molecule has 1 saturated heterocycles. The van der Waals surface area contributed by atoms with Crippen LogP contribution in [0.4, 0.5) is 23.2 Å². The smallest absolute Gasteiger partial charge is 0.225 e. The molecule has 0 bridgehead atoms. The highest BCUT2D eigenvalue weighted by Gasteiger charge is 2.23. The molecule has 5 nitrogen and oxygen atoms in total. The van der Waals surface area contributed by atoms with Gasteiger partial charge >= 0.3 is 0 Å². The van der Waals surface area contributed by atoms with Gasteiger partial charge in [-0.1, -0.05) is 12.1 Å². The molecule has 36 heavy (non-hydrogen) atoms. The van der Waals surface area contributed by atoms with Gasteiger partial charge in [0.2, 0.25) is 5.91 Å². The molecule has 2 N–H and O–H groups in total. The molecular formula is C27H28F4N4O. The van der Waals surface area contributed by atoms with Crippen LogP contribution >= 0.6 is 0 Å². The topological polar surface area (TPSA) is 57.3 Å². The number of rotatable bonds is 8. The fourth-order valence-electron chi connectivity index (χ4n) is 4.61. The van der Waals surface area contributed by atoms with Crippen LogP contribution in [0, 0.1) is 23.3 Å². The molecule has 1 fully saturated rings. The summed E-state index contributed by atoms with van der Waals surface area (Å²) in [7, 11) is 2.03. The van der Waals surface area contributed by atoms with Gasteiger partial charge < -0.3 is 15.5 Å². The number of nitrogens with zero attached hydrogens (tertiary/aromatic N) is 2. The first-order chi connectivity index (χ1) is 17.3. The van der Waals surface area contributed by atoms with E-state index in [1.807, 2.05) is 7.05 Å².